The molecule has 0 N–H and O–H groups in total. The summed E-state index contributed by atoms with van der Waals surface area (Å²) in [7, 11) is 3.26. The molecule has 4 saturated carbocycles. The first-order valence-electron chi connectivity index (χ1n) is 15.7. The van der Waals surface area contributed by atoms with Crippen LogP contribution in [0.3, 0.4) is 0 Å². The van der Waals surface area contributed by atoms with Crippen molar-refractivity contribution in [2.24, 2.45) is 50.2 Å². The molecule has 6 heteroatoms. The lowest BCUT2D eigenvalue weighted by atomic mass is 9.33. The number of esters is 1. The van der Waals surface area contributed by atoms with Crippen LogP contribution in [0, 0.1) is 50.2 Å². The Labute approximate surface area is 241 Å². The van der Waals surface area contributed by atoms with E-state index in [9.17, 15) is 14.4 Å². The second-order valence-electron chi connectivity index (χ2n) is 16.2. The van der Waals surface area contributed by atoms with Crippen molar-refractivity contribution < 1.29 is 24.0 Å². The molecule has 1 amide bonds. The lowest BCUT2D eigenvalue weighted by Crippen LogP contribution is -2.66. The zero-order valence-electron chi connectivity index (χ0n) is 26.7. The highest BCUT2D eigenvalue weighted by atomic mass is 16.7. The summed E-state index contributed by atoms with van der Waals surface area (Å²) < 4.78 is 5.85. The molecule has 0 aromatic heterocycles. The minimum Gasteiger partial charge on any atom is -0.462 e. The van der Waals surface area contributed by atoms with Crippen LogP contribution < -0.4 is 0 Å². The molecule has 0 heterocycles. The van der Waals surface area contributed by atoms with Gasteiger partial charge in [0.2, 0.25) is 0 Å². The van der Waals surface area contributed by atoms with Crippen LogP contribution in [0.25, 0.3) is 0 Å². The normalized spacial score (nSPS) is 47.5. The number of rotatable bonds is 3. The average molecular weight is 556 g/mol. The molecule has 5 rings (SSSR count). The Balaban J connectivity index is 1.55. The number of fused-ring (bicyclic) bond motifs is 7. The van der Waals surface area contributed by atoms with E-state index in [0.29, 0.717) is 11.7 Å². The van der Waals surface area contributed by atoms with Gasteiger partial charge < -0.3 is 4.74 Å². The molecule has 6 nitrogen and oxygen atoms in total. The van der Waals surface area contributed by atoms with Gasteiger partial charge in [-0.25, -0.2) is 5.06 Å². The van der Waals surface area contributed by atoms with Crippen molar-refractivity contribution in [1.29, 1.82) is 0 Å². The number of nitrogens with zero attached hydrogens (tertiary/aromatic N) is 1. The highest BCUT2D eigenvalue weighted by Gasteiger charge is 2.70. The van der Waals surface area contributed by atoms with Crippen molar-refractivity contribution in [2.45, 2.75) is 119 Å². The predicted octanol–water partition coefficient (Wildman–Crippen LogP) is 6.92. The SMILES string of the molecule is CON(C)C(=O)[C@@]1(C)CC[C@]2(C)CC[C@]3(C)C(=CC(=O)[C@@H]4[C@@]5(C)CC[C@H](OC(C)=O)C(C)(C)[C@@H]5CC[C@]43C)[C@@H]2C1. The van der Waals surface area contributed by atoms with Crippen molar-refractivity contribution in [3.05, 3.63) is 11.6 Å². The van der Waals surface area contributed by atoms with Crippen LogP contribution in [0.4, 0.5) is 0 Å². The van der Waals surface area contributed by atoms with Gasteiger partial charge in [-0.1, -0.05) is 54.0 Å². The summed E-state index contributed by atoms with van der Waals surface area (Å²) in [6, 6.07) is 0. The maximum Gasteiger partial charge on any atom is 0.302 e. The monoisotopic (exact) mass is 555 g/mol. The molecule has 0 aromatic rings. The number of hydrogen-bond donors (Lipinski definition) is 0. The first-order chi connectivity index (χ1) is 18.4. The van der Waals surface area contributed by atoms with Crippen LogP contribution in [0.2, 0.25) is 0 Å². The number of carbonyl (C=O) groups is 3. The van der Waals surface area contributed by atoms with Crippen molar-refractivity contribution in [1.82, 2.24) is 5.06 Å². The van der Waals surface area contributed by atoms with Crippen LogP contribution in [0.15, 0.2) is 11.6 Å². The summed E-state index contributed by atoms with van der Waals surface area (Å²) >= 11 is 0. The molecule has 224 valence electrons. The van der Waals surface area contributed by atoms with Crippen LogP contribution in [-0.2, 0) is 24.0 Å². The maximum absolute atomic E-state index is 14.5. The lowest BCUT2D eigenvalue weighted by molar-refractivity contribution is -0.211. The number of ether oxygens (including phenoxy) is 1. The number of allylic oxidation sites excluding steroid dienone is 2. The number of ketones is 1. The third kappa shape index (κ3) is 3.86. The molecule has 0 saturated heterocycles. The van der Waals surface area contributed by atoms with E-state index in [1.807, 2.05) is 0 Å². The largest absolute Gasteiger partial charge is 0.462 e. The number of hydrogen-bond acceptors (Lipinski definition) is 5. The Hall–Kier alpha value is -1.69. The maximum atomic E-state index is 14.5. The second kappa shape index (κ2) is 9.15. The quantitative estimate of drug-likeness (QED) is 0.279. The van der Waals surface area contributed by atoms with Crippen molar-refractivity contribution in [3.8, 4) is 0 Å². The van der Waals surface area contributed by atoms with Gasteiger partial charge in [-0.2, -0.15) is 0 Å². The Morgan fingerprint density at radius 1 is 0.925 bits per heavy atom. The van der Waals surface area contributed by atoms with Crippen molar-refractivity contribution in [2.75, 3.05) is 14.2 Å². The van der Waals surface area contributed by atoms with Gasteiger partial charge in [-0.05, 0) is 97.4 Å². The summed E-state index contributed by atoms with van der Waals surface area (Å²) in [5.74, 6) is 0.591. The molecular formula is C34H53NO5. The Morgan fingerprint density at radius 3 is 2.20 bits per heavy atom. The number of carbonyl (C=O) groups excluding carboxylic acids is 3. The summed E-state index contributed by atoms with van der Waals surface area (Å²) in [6.45, 7) is 17.8. The molecule has 0 aromatic carbocycles. The Morgan fingerprint density at radius 2 is 1.57 bits per heavy atom. The van der Waals surface area contributed by atoms with E-state index in [4.69, 9.17) is 9.57 Å². The molecule has 9 atom stereocenters. The summed E-state index contributed by atoms with van der Waals surface area (Å²) in [4.78, 5) is 45.3. The molecule has 0 spiro atoms. The molecular weight excluding hydrogens is 502 g/mol. The summed E-state index contributed by atoms with van der Waals surface area (Å²) in [6.07, 6.45) is 10.6. The zero-order valence-corrected chi connectivity index (χ0v) is 26.7. The number of hydroxylamine groups is 2. The molecule has 0 radical (unpaired) electrons. The molecule has 5 aliphatic carbocycles. The van der Waals surface area contributed by atoms with Gasteiger partial charge in [0.05, 0.1) is 7.11 Å². The fourth-order valence-electron chi connectivity index (χ4n) is 11.2. The third-order valence-electron chi connectivity index (χ3n) is 13.9. The van der Waals surface area contributed by atoms with E-state index in [1.165, 1.54) is 17.6 Å². The highest BCUT2D eigenvalue weighted by molar-refractivity contribution is 5.95. The summed E-state index contributed by atoms with van der Waals surface area (Å²) in [5.41, 5.74) is 0.354. The van der Waals surface area contributed by atoms with Gasteiger partial charge in [0.1, 0.15) is 6.10 Å². The van der Waals surface area contributed by atoms with E-state index in [-0.39, 0.29) is 56.9 Å². The second-order valence-corrected chi connectivity index (χ2v) is 16.2. The van der Waals surface area contributed by atoms with E-state index in [1.54, 1.807) is 14.2 Å². The first-order valence-corrected chi connectivity index (χ1v) is 15.7. The van der Waals surface area contributed by atoms with Gasteiger partial charge in [-0.3, -0.25) is 19.2 Å². The molecule has 0 unspecified atom stereocenters. The van der Waals surface area contributed by atoms with Gasteiger partial charge in [-0.15, -0.1) is 0 Å². The molecule has 5 aliphatic rings. The number of amides is 1. The van der Waals surface area contributed by atoms with E-state index in [0.717, 1.165) is 57.8 Å². The molecule has 0 aliphatic heterocycles. The van der Waals surface area contributed by atoms with E-state index in [2.05, 4.69) is 54.5 Å². The Bertz CT molecular complexity index is 1140. The van der Waals surface area contributed by atoms with Crippen LogP contribution >= 0.6 is 0 Å². The van der Waals surface area contributed by atoms with Gasteiger partial charge >= 0.3 is 5.97 Å². The summed E-state index contributed by atoms with van der Waals surface area (Å²) in [5, 5.41) is 1.39. The van der Waals surface area contributed by atoms with Gasteiger partial charge in [0.15, 0.2) is 5.78 Å². The predicted molar refractivity (Wildman–Crippen MR) is 155 cm³/mol. The van der Waals surface area contributed by atoms with Crippen LogP contribution in [0.5, 0.6) is 0 Å². The molecule has 4 fully saturated rings. The average Bonchev–Trinajstić information content (AvgIpc) is 2.87. The van der Waals surface area contributed by atoms with Gasteiger partial charge in [0.25, 0.3) is 5.91 Å². The van der Waals surface area contributed by atoms with E-state index < -0.39 is 5.41 Å². The minimum absolute atomic E-state index is 0.0379. The van der Waals surface area contributed by atoms with Gasteiger partial charge in [0, 0.05) is 30.7 Å². The standard InChI is InChI=1S/C34H53NO5/c1-21(36)40-26-12-13-32(6)25(29(26,2)3)11-14-34(8)27(32)24(37)19-22-23-20-31(5,28(38)35(9)39-10)16-15-30(23,4)17-18-33(22,34)7/h19,23,25-27H,11-18,20H2,1-10H3/t23-,25-,26-,27+,30+,31-,32-,33+,34+/m0/s1. The van der Waals surface area contributed by atoms with Crippen LogP contribution in [0.1, 0.15) is 113 Å². The topological polar surface area (TPSA) is 72.9 Å². The molecule has 40 heavy (non-hydrogen) atoms. The zero-order chi connectivity index (χ0) is 29.7. The van der Waals surface area contributed by atoms with Crippen LogP contribution in [-0.4, -0.2) is 43.0 Å². The first kappa shape index (κ1) is 29.8. The van der Waals surface area contributed by atoms with Crippen molar-refractivity contribution >= 4 is 17.7 Å². The van der Waals surface area contributed by atoms with Crippen molar-refractivity contribution in [3.63, 3.8) is 0 Å². The Kier molecular flexibility index (Phi) is 6.82. The minimum atomic E-state index is -0.502. The fraction of sp³-hybridized carbons (Fsp3) is 0.853. The lowest BCUT2D eigenvalue weighted by Gasteiger charge is -2.70. The smallest absolute Gasteiger partial charge is 0.302 e. The molecule has 0 bridgehead atoms. The fourth-order valence-corrected chi connectivity index (χ4v) is 11.2. The third-order valence-corrected chi connectivity index (χ3v) is 13.9. The highest BCUT2D eigenvalue weighted by Crippen LogP contribution is 2.75. The van der Waals surface area contributed by atoms with E-state index >= 15 is 0 Å².